The maximum Gasteiger partial charge on any atom is 0.317 e. The molecule has 4 heteroatoms. The van der Waals surface area contributed by atoms with Crippen molar-refractivity contribution in [1.82, 2.24) is 4.98 Å². The highest BCUT2D eigenvalue weighted by molar-refractivity contribution is 5.86. The van der Waals surface area contributed by atoms with Gasteiger partial charge in [-0.1, -0.05) is 24.3 Å². The van der Waals surface area contributed by atoms with E-state index in [1.54, 1.807) is 13.3 Å². The summed E-state index contributed by atoms with van der Waals surface area (Å²) >= 11 is 0. The summed E-state index contributed by atoms with van der Waals surface area (Å²) in [5.41, 5.74) is 2.64. The van der Waals surface area contributed by atoms with Gasteiger partial charge in [0.25, 0.3) is 0 Å². The molecule has 1 atom stereocenters. The van der Waals surface area contributed by atoms with Crippen molar-refractivity contribution in [2.45, 2.75) is 5.92 Å². The molecule has 0 saturated carbocycles. The monoisotopic (exact) mass is 307 g/mol. The number of hydrogen-bond donors (Lipinski definition) is 0. The van der Waals surface area contributed by atoms with Gasteiger partial charge in [-0.3, -0.25) is 9.78 Å². The first-order valence-electron chi connectivity index (χ1n) is 7.29. The quantitative estimate of drug-likeness (QED) is 0.692. The Morgan fingerprint density at radius 2 is 1.74 bits per heavy atom. The summed E-state index contributed by atoms with van der Waals surface area (Å²) in [7, 11) is 3.02. The molecule has 3 rings (SSSR count). The second-order valence-corrected chi connectivity index (χ2v) is 5.18. The number of benzene rings is 2. The van der Waals surface area contributed by atoms with Crippen molar-refractivity contribution in [3.8, 4) is 5.75 Å². The first-order valence-corrected chi connectivity index (χ1v) is 7.29. The fourth-order valence-corrected chi connectivity index (χ4v) is 2.65. The van der Waals surface area contributed by atoms with Crippen LogP contribution in [0.4, 0.5) is 0 Å². The molecule has 116 valence electrons. The second kappa shape index (κ2) is 6.48. The molecule has 0 bridgehead atoms. The van der Waals surface area contributed by atoms with Crippen LogP contribution in [0.25, 0.3) is 10.9 Å². The maximum absolute atomic E-state index is 12.3. The van der Waals surface area contributed by atoms with Crippen molar-refractivity contribution in [2.75, 3.05) is 14.2 Å². The number of methoxy groups -OCH3 is 2. The van der Waals surface area contributed by atoms with E-state index >= 15 is 0 Å². The van der Waals surface area contributed by atoms with E-state index in [1.165, 1.54) is 7.11 Å². The minimum Gasteiger partial charge on any atom is -0.497 e. The number of nitrogens with zero attached hydrogens (tertiary/aromatic N) is 1. The van der Waals surface area contributed by atoms with Crippen LogP contribution in [-0.4, -0.2) is 25.2 Å². The van der Waals surface area contributed by atoms with Crippen LogP contribution >= 0.6 is 0 Å². The molecule has 1 unspecified atom stereocenters. The van der Waals surface area contributed by atoms with Gasteiger partial charge in [0.05, 0.1) is 19.7 Å². The standard InChI is InChI=1S/C19H17NO3/c1-22-16-8-5-13(6-9-16)18(19(21)23-2)15-7-10-17-14(12-15)4-3-11-20-17/h3-12,18H,1-2H3. The molecular formula is C19H17NO3. The van der Waals surface area contributed by atoms with Gasteiger partial charge in [-0.25, -0.2) is 0 Å². The topological polar surface area (TPSA) is 48.4 Å². The molecule has 23 heavy (non-hydrogen) atoms. The number of ether oxygens (including phenoxy) is 2. The lowest BCUT2D eigenvalue weighted by Crippen LogP contribution is -2.15. The SMILES string of the molecule is COC(=O)C(c1ccc(OC)cc1)c1ccc2ncccc2c1. The lowest BCUT2D eigenvalue weighted by atomic mass is 9.90. The van der Waals surface area contributed by atoms with Crippen LogP contribution < -0.4 is 4.74 Å². The molecule has 0 spiro atoms. The van der Waals surface area contributed by atoms with Gasteiger partial charge in [0.15, 0.2) is 0 Å². The zero-order chi connectivity index (χ0) is 16.2. The highest BCUT2D eigenvalue weighted by Crippen LogP contribution is 2.29. The lowest BCUT2D eigenvalue weighted by molar-refractivity contribution is -0.141. The Hall–Kier alpha value is -2.88. The average Bonchev–Trinajstić information content (AvgIpc) is 2.62. The van der Waals surface area contributed by atoms with E-state index in [0.717, 1.165) is 27.8 Å². The largest absolute Gasteiger partial charge is 0.497 e. The molecule has 0 aliphatic carbocycles. The molecule has 0 aliphatic heterocycles. The molecule has 0 amide bonds. The minimum absolute atomic E-state index is 0.293. The van der Waals surface area contributed by atoms with Gasteiger partial charge in [0.1, 0.15) is 11.7 Å². The number of carbonyl (C=O) groups excluding carboxylic acids is 1. The van der Waals surface area contributed by atoms with Crippen LogP contribution in [0.3, 0.4) is 0 Å². The van der Waals surface area contributed by atoms with Gasteiger partial charge in [0.2, 0.25) is 0 Å². The predicted molar refractivity (Wildman–Crippen MR) is 88.6 cm³/mol. The molecule has 3 aromatic rings. The Morgan fingerprint density at radius 3 is 2.43 bits per heavy atom. The van der Waals surface area contributed by atoms with E-state index in [2.05, 4.69) is 4.98 Å². The van der Waals surface area contributed by atoms with Gasteiger partial charge in [-0.05, 0) is 41.5 Å². The Kier molecular flexibility index (Phi) is 4.24. The van der Waals surface area contributed by atoms with Crippen LogP contribution in [0.5, 0.6) is 5.75 Å². The summed E-state index contributed by atoms with van der Waals surface area (Å²) in [6.45, 7) is 0. The van der Waals surface area contributed by atoms with Gasteiger partial charge < -0.3 is 9.47 Å². The van der Waals surface area contributed by atoms with Crippen molar-refractivity contribution in [1.29, 1.82) is 0 Å². The summed E-state index contributed by atoms with van der Waals surface area (Å²) in [5, 5.41) is 0.993. The third kappa shape index (κ3) is 3.01. The Labute approximate surface area is 134 Å². The first kappa shape index (κ1) is 15.0. The number of aromatic nitrogens is 1. The van der Waals surface area contributed by atoms with E-state index in [4.69, 9.17) is 9.47 Å². The number of pyridine rings is 1. The van der Waals surface area contributed by atoms with Crippen LogP contribution in [0.1, 0.15) is 17.0 Å². The van der Waals surface area contributed by atoms with E-state index in [0.29, 0.717) is 0 Å². The normalized spacial score (nSPS) is 11.9. The lowest BCUT2D eigenvalue weighted by Gasteiger charge is -2.16. The smallest absolute Gasteiger partial charge is 0.317 e. The van der Waals surface area contributed by atoms with Gasteiger partial charge in [0, 0.05) is 11.6 Å². The van der Waals surface area contributed by atoms with E-state index in [-0.39, 0.29) is 5.97 Å². The molecule has 0 fully saturated rings. The molecule has 4 nitrogen and oxygen atoms in total. The number of rotatable bonds is 4. The summed E-state index contributed by atoms with van der Waals surface area (Å²) in [4.78, 5) is 16.6. The van der Waals surface area contributed by atoms with Gasteiger partial charge >= 0.3 is 5.97 Å². The van der Waals surface area contributed by atoms with Crippen molar-refractivity contribution < 1.29 is 14.3 Å². The summed E-state index contributed by atoms with van der Waals surface area (Å²) in [5.74, 6) is -0.0194. The molecule has 1 heterocycles. The average molecular weight is 307 g/mol. The molecule has 0 saturated heterocycles. The zero-order valence-corrected chi connectivity index (χ0v) is 13.0. The second-order valence-electron chi connectivity index (χ2n) is 5.18. The van der Waals surface area contributed by atoms with Gasteiger partial charge in [-0.15, -0.1) is 0 Å². The molecule has 2 aromatic carbocycles. The van der Waals surface area contributed by atoms with Crippen LogP contribution in [-0.2, 0) is 9.53 Å². The molecule has 1 aromatic heterocycles. The number of carbonyl (C=O) groups is 1. The fourth-order valence-electron chi connectivity index (χ4n) is 2.65. The van der Waals surface area contributed by atoms with Crippen molar-refractivity contribution >= 4 is 16.9 Å². The summed E-state index contributed by atoms with van der Waals surface area (Å²) in [6, 6.07) is 17.1. The minimum atomic E-state index is -0.476. The van der Waals surface area contributed by atoms with Crippen molar-refractivity contribution in [2.24, 2.45) is 0 Å². The summed E-state index contributed by atoms with van der Waals surface area (Å²) < 4.78 is 10.2. The van der Waals surface area contributed by atoms with Crippen molar-refractivity contribution in [3.63, 3.8) is 0 Å². The predicted octanol–water partition coefficient (Wildman–Crippen LogP) is 3.55. The van der Waals surface area contributed by atoms with Crippen LogP contribution in [0.2, 0.25) is 0 Å². The van der Waals surface area contributed by atoms with Crippen molar-refractivity contribution in [3.05, 3.63) is 71.9 Å². The first-order chi connectivity index (χ1) is 11.2. The number of hydrogen-bond acceptors (Lipinski definition) is 4. The fraction of sp³-hybridized carbons (Fsp3) is 0.158. The van der Waals surface area contributed by atoms with E-state index in [1.807, 2.05) is 54.6 Å². The zero-order valence-electron chi connectivity index (χ0n) is 13.0. The molecular weight excluding hydrogens is 290 g/mol. The van der Waals surface area contributed by atoms with Crippen LogP contribution in [0, 0.1) is 0 Å². The third-order valence-corrected chi connectivity index (χ3v) is 3.85. The van der Waals surface area contributed by atoms with Gasteiger partial charge in [-0.2, -0.15) is 0 Å². The van der Waals surface area contributed by atoms with E-state index < -0.39 is 5.92 Å². The number of fused-ring (bicyclic) bond motifs is 1. The Balaban J connectivity index is 2.07. The Morgan fingerprint density at radius 1 is 1.00 bits per heavy atom. The highest BCUT2D eigenvalue weighted by atomic mass is 16.5. The maximum atomic E-state index is 12.3. The Bertz CT molecular complexity index is 827. The van der Waals surface area contributed by atoms with Crippen LogP contribution in [0.15, 0.2) is 60.8 Å². The highest BCUT2D eigenvalue weighted by Gasteiger charge is 2.24. The number of esters is 1. The molecule has 0 N–H and O–H groups in total. The van der Waals surface area contributed by atoms with E-state index in [9.17, 15) is 4.79 Å². The molecule has 0 radical (unpaired) electrons. The third-order valence-electron chi connectivity index (χ3n) is 3.85. The summed E-state index contributed by atoms with van der Waals surface area (Å²) in [6.07, 6.45) is 1.75. The molecule has 0 aliphatic rings.